The second kappa shape index (κ2) is 8.29. The molecule has 3 atom stereocenters. The van der Waals surface area contributed by atoms with Crippen molar-refractivity contribution in [3.8, 4) is 0 Å². The Balaban J connectivity index is 1.30. The van der Waals surface area contributed by atoms with E-state index in [1.54, 1.807) is 12.1 Å². The second-order valence-electron chi connectivity index (χ2n) is 8.45. The highest BCUT2D eigenvalue weighted by molar-refractivity contribution is 6.23. The summed E-state index contributed by atoms with van der Waals surface area (Å²) in [7, 11) is 0. The van der Waals surface area contributed by atoms with Crippen molar-refractivity contribution in [1.29, 1.82) is 0 Å². The number of carbonyl (C=O) groups is 4. The van der Waals surface area contributed by atoms with Crippen LogP contribution >= 0.6 is 0 Å². The normalized spacial score (nSPS) is 25.2. The molecule has 8 nitrogen and oxygen atoms in total. The van der Waals surface area contributed by atoms with Crippen molar-refractivity contribution < 1.29 is 19.2 Å². The molecule has 2 aromatic rings. The molecule has 0 saturated carbocycles. The molecule has 3 aliphatic rings. The molecule has 0 radical (unpaired) electrons. The van der Waals surface area contributed by atoms with Gasteiger partial charge >= 0.3 is 0 Å². The minimum absolute atomic E-state index is 0.108. The fraction of sp³-hybridized carbons (Fsp3) is 0.333. The number of imide groups is 2. The van der Waals surface area contributed by atoms with Crippen LogP contribution in [0.5, 0.6) is 0 Å². The number of carbonyl (C=O) groups excluding carboxylic acids is 4. The third kappa shape index (κ3) is 3.61. The highest BCUT2D eigenvalue weighted by Gasteiger charge is 2.44. The van der Waals surface area contributed by atoms with E-state index in [0.29, 0.717) is 17.7 Å². The Morgan fingerprint density at radius 3 is 2.50 bits per heavy atom. The van der Waals surface area contributed by atoms with E-state index in [9.17, 15) is 19.2 Å². The third-order valence-electron chi connectivity index (χ3n) is 6.45. The molecule has 2 fully saturated rings. The number of amides is 4. The molecule has 164 valence electrons. The van der Waals surface area contributed by atoms with Gasteiger partial charge in [0, 0.05) is 25.0 Å². The van der Waals surface area contributed by atoms with Gasteiger partial charge in [-0.05, 0) is 42.6 Å². The predicted molar refractivity (Wildman–Crippen MR) is 116 cm³/mol. The molecule has 4 amide bonds. The average molecular weight is 432 g/mol. The van der Waals surface area contributed by atoms with E-state index < -0.39 is 23.8 Å². The highest BCUT2D eigenvalue weighted by atomic mass is 16.2. The van der Waals surface area contributed by atoms with Crippen LogP contribution in [0.3, 0.4) is 0 Å². The lowest BCUT2D eigenvalue weighted by atomic mass is 10.00. The van der Waals surface area contributed by atoms with Gasteiger partial charge in [-0.3, -0.25) is 29.4 Å². The zero-order chi connectivity index (χ0) is 22.2. The first-order chi connectivity index (χ1) is 15.5. The standard InChI is InChI=1S/C24H24N4O4/c29-20-9-8-19(22(30)27-20)28-23(31)16-7-6-14(12-17(16)24(28)32)13-26-18-10-11-25-21(18)15-4-2-1-3-5-15/h1-7,12,18-19,21,25-26H,8-11,13H2,(H,27,29,30)/t18-,19?,21+/m1/s1. The first-order valence-electron chi connectivity index (χ1n) is 10.9. The fourth-order valence-corrected chi connectivity index (χ4v) is 4.81. The first kappa shape index (κ1) is 20.5. The quantitative estimate of drug-likeness (QED) is 0.615. The number of nitrogens with one attached hydrogen (secondary N) is 3. The topological polar surface area (TPSA) is 108 Å². The lowest BCUT2D eigenvalue weighted by molar-refractivity contribution is -0.136. The molecule has 0 bridgehead atoms. The number of nitrogens with zero attached hydrogens (tertiary/aromatic N) is 1. The van der Waals surface area contributed by atoms with Crippen molar-refractivity contribution in [1.82, 2.24) is 20.9 Å². The highest BCUT2D eigenvalue weighted by Crippen LogP contribution is 2.29. The lowest BCUT2D eigenvalue weighted by Gasteiger charge is -2.27. The SMILES string of the molecule is O=C1CCC(N2C(=O)c3ccc(CN[C@@H]4CCN[C@H]4c4ccccc4)cc3C2=O)C(=O)N1. The van der Waals surface area contributed by atoms with E-state index in [2.05, 4.69) is 28.1 Å². The minimum atomic E-state index is -0.946. The zero-order valence-corrected chi connectivity index (χ0v) is 17.5. The van der Waals surface area contributed by atoms with Gasteiger partial charge < -0.3 is 10.6 Å². The number of hydrogen-bond donors (Lipinski definition) is 3. The average Bonchev–Trinajstić information content (AvgIpc) is 3.36. The van der Waals surface area contributed by atoms with Gasteiger partial charge in [0.25, 0.3) is 11.8 Å². The monoisotopic (exact) mass is 432 g/mol. The summed E-state index contributed by atoms with van der Waals surface area (Å²) in [5.74, 6) is -1.95. The summed E-state index contributed by atoms with van der Waals surface area (Å²) in [4.78, 5) is 50.4. The van der Waals surface area contributed by atoms with E-state index in [0.717, 1.165) is 23.4 Å². The molecular formula is C24H24N4O4. The summed E-state index contributed by atoms with van der Waals surface area (Å²) in [6.45, 7) is 1.48. The van der Waals surface area contributed by atoms with Crippen LogP contribution in [-0.4, -0.2) is 47.2 Å². The van der Waals surface area contributed by atoms with Gasteiger partial charge in [0.15, 0.2) is 0 Å². The molecule has 0 aromatic heterocycles. The van der Waals surface area contributed by atoms with Gasteiger partial charge in [-0.1, -0.05) is 36.4 Å². The van der Waals surface area contributed by atoms with Crippen molar-refractivity contribution in [2.24, 2.45) is 0 Å². The van der Waals surface area contributed by atoms with Crippen molar-refractivity contribution in [3.05, 3.63) is 70.8 Å². The maximum Gasteiger partial charge on any atom is 0.262 e. The molecule has 3 heterocycles. The molecule has 32 heavy (non-hydrogen) atoms. The van der Waals surface area contributed by atoms with Crippen LogP contribution in [-0.2, 0) is 16.1 Å². The molecule has 0 aliphatic carbocycles. The van der Waals surface area contributed by atoms with Crippen LogP contribution in [0.25, 0.3) is 0 Å². The number of fused-ring (bicyclic) bond motifs is 1. The summed E-state index contributed by atoms with van der Waals surface area (Å²) in [6.07, 6.45) is 1.25. The Bertz CT molecular complexity index is 1100. The third-order valence-corrected chi connectivity index (χ3v) is 6.45. The predicted octanol–water partition coefficient (Wildman–Crippen LogP) is 1.28. The van der Waals surface area contributed by atoms with Crippen molar-refractivity contribution >= 4 is 23.6 Å². The van der Waals surface area contributed by atoms with Crippen LogP contribution in [0, 0.1) is 0 Å². The molecule has 2 saturated heterocycles. The Morgan fingerprint density at radius 1 is 0.938 bits per heavy atom. The minimum Gasteiger partial charge on any atom is -0.309 e. The van der Waals surface area contributed by atoms with Crippen LogP contribution in [0.2, 0.25) is 0 Å². The number of piperidine rings is 1. The van der Waals surface area contributed by atoms with E-state index in [4.69, 9.17) is 0 Å². The van der Waals surface area contributed by atoms with Gasteiger partial charge in [-0.25, -0.2) is 0 Å². The van der Waals surface area contributed by atoms with Gasteiger partial charge in [-0.2, -0.15) is 0 Å². The van der Waals surface area contributed by atoms with Gasteiger partial charge in [-0.15, -0.1) is 0 Å². The van der Waals surface area contributed by atoms with Crippen LogP contribution < -0.4 is 16.0 Å². The Hall–Kier alpha value is -3.36. The van der Waals surface area contributed by atoms with Gasteiger partial charge in [0.05, 0.1) is 11.1 Å². The summed E-state index contributed by atoms with van der Waals surface area (Å²) >= 11 is 0. The fourth-order valence-electron chi connectivity index (χ4n) is 4.81. The van der Waals surface area contributed by atoms with Gasteiger partial charge in [0.2, 0.25) is 11.8 Å². The molecule has 0 spiro atoms. The van der Waals surface area contributed by atoms with Crippen LogP contribution in [0.15, 0.2) is 48.5 Å². The van der Waals surface area contributed by atoms with Crippen molar-refractivity contribution in [2.75, 3.05) is 6.54 Å². The van der Waals surface area contributed by atoms with Crippen molar-refractivity contribution in [2.45, 2.75) is 43.9 Å². The first-order valence-corrected chi connectivity index (χ1v) is 10.9. The summed E-state index contributed by atoms with van der Waals surface area (Å²) < 4.78 is 0. The number of benzene rings is 2. The maximum absolute atomic E-state index is 13.0. The van der Waals surface area contributed by atoms with E-state index in [1.165, 1.54) is 5.56 Å². The Labute approximate surface area is 185 Å². The largest absolute Gasteiger partial charge is 0.309 e. The number of rotatable bonds is 5. The number of hydrogen-bond acceptors (Lipinski definition) is 6. The molecule has 3 aliphatic heterocycles. The summed E-state index contributed by atoms with van der Waals surface area (Å²) in [5, 5.41) is 9.32. The Morgan fingerprint density at radius 2 is 1.72 bits per heavy atom. The molecule has 8 heteroatoms. The summed E-state index contributed by atoms with van der Waals surface area (Å²) in [6, 6.07) is 15.0. The molecule has 2 aromatic carbocycles. The van der Waals surface area contributed by atoms with Crippen molar-refractivity contribution in [3.63, 3.8) is 0 Å². The van der Waals surface area contributed by atoms with Crippen LogP contribution in [0.1, 0.15) is 57.1 Å². The maximum atomic E-state index is 13.0. The lowest BCUT2D eigenvalue weighted by Crippen LogP contribution is -2.54. The molecule has 1 unspecified atom stereocenters. The molecule has 5 rings (SSSR count). The zero-order valence-electron chi connectivity index (χ0n) is 17.5. The molecule has 3 N–H and O–H groups in total. The second-order valence-corrected chi connectivity index (χ2v) is 8.45. The van der Waals surface area contributed by atoms with E-state index >= 15 is 0 Å². The smallest absolute Gasteiger partial charge is 0.262 e. The van der Waals surface area contributed by atoms with Crippen LogP contribution in [0.4, 0.5) is 0 Å². The van der Waals surface area contributed by atoms with E-state index in [-0.39, 0.29) is 30.8 Å². The summed E-state index contributed by atoms with van der Waals surface area (Å²) in [5.41, 5.74) is 2.74. The van der Waals surface area contributed by atoms with Gasteiger partial charge in [0.1, 0.15) is 6.04 Å². The molecular weight excluding hydrogens is 408 g/mol. The Kier molecular flexibility index (Phi) is 5.32. The van der Waals surface area contributed by atoms with E-state index in [1.807, 2.05) is 24.3 Å².